The summed E-state index contributed by atoms with van der Waals surface area (Å²) in [6.07, 6.45) is 0.681. The molecule has 0 radical (unpaired) electrons. The Morgan fingerprint density at radius 1 is 1.75 bits per heavy atom. The summed E-state index contributed by atoms with van der Waals surface area (Å²) in [5.74, 6) is 0. The topological polar surface area (TPSA) is 35.8 Å². The Kier molecular flexibility index (Phi) is 1.73. The Labute approximate surface area is 62.4 Å². The number of halogens is 1. The van der Waals surface area contributed by atoms with Crippen LogP contribution in [0.3, 0.4) is 0 Å². The lowest BCUT2D eigenvalue weighted by Gasteiger charge is -2.35. The van der Waals surface area contributed by atoms with Crippen LogP contribution >= 0.6 is 22.6 Å². The molecule has 44 valence electrons. The van der Waals surface area contributed by atoms with Crippen LogP contribution in [0.5, 0.6) is 0 Å². The quantitative estimate of drug-likeness (QED) is 0.523. The number of alkyl halides is 1. The maximum absolute atomic E-state index is 8.28. The van der Waals surface area contributed by atoms with Crippen molar-refractivity contribution >= 4 is 22.6 Å². The first-order chi connectivity index (χ1) is 3.77. The van der Waals surface area contributed by atoms with E-state index >= 15 is 0 Å². The molecule has 1 aliphatic rings. The van der Waals surface area contributed by atoms with Crippen molar-refractivity contribution < 1.29 is 0 Å². The Bertz CT molecular complexity index is 123. The highest BCUT2D eigenvalue weighted by Crippen LogP contribution is 2.26. The summed E-state index contributed by atoms with van der Waals surface area (Å²) >= 11 is 2.34. The van der Waals surface area contributed by atoms with Crippen LogP contribution in [0.4, 0.5) is 0 Å². The van der Waals surface area contributed by atoms with Crippen molar-refractivity contribution in [1.82, 2.24) is 5.32 Å². The second-order valence-electron chi connectivity index (χ2n) is 2.09. The molecule has 3 heteroatoms. The van der Waals surface area contributed by atoms with E-state index in [9.17, 15) is 0 Å². The lowest BCUT2D eigenvalue weighted by Crippen LogP contribution is -2.54. The van der Waals surface area contributed by atoms with Gasteiger partial charge in [0.1, 0.15) is 0 Å². The van der Waals surface area contributed by atoms with Gasteiger partial charge in [0, 0.05) is 13.1 Å². The molecule has 0 saturated carbocycles. The highest BCUT2D eigenvalue weighted by Gasteiger charge is 2.33. The third kappa shape index (κ3) is 1.12. The normalized spacial score (nSPS) is 23.5. The minimum absolute atomic E-state index is 0.270. The molecule has 0 aromatic heterocycles. The molecule has 1 heterocycles. The standard InChI is InChI=1S/C5H7IN2/c6-5(1-2-7)3-8-4-5/h8H,1,3-4H2. The van der Waals surface area contributed by atoms with Gasteiger partial charge in [0.25, 0.3) is 0 Å². The van der Waals surface area contributed by atoms with Crippen LogP contribution in [-0.2, 0) is 0 Å². The van der Waals surface area contributed by atoms with Gasteiger partial charge in [0.2, 0.25) is 0 Å². The van der Waals surface area contributed by atoms with Crippen molar-refractivity contribution in [2.45, 2.75) is 9.84 Å². The summed E-state index contributed by atoms with van der Waals surface area (Å²) in [6.45, 7) is 2.00. The van der Waals surface area contributed by atoms with Gasteiger partial charge in [-0.05, 0) is 0 Å². The molecule has 0 unspecified atom stereocenters. The Morgan fingerprint density at radius 2 is 2.38 bits per heavy atom. The maximum Gasteiger partial charge on any atom is 0.0636 e. The van der Waals surface area contributed by atoms with Crippen molar-refractivity contribution in [3.05, 3.63) is 0 Å². The van der Waals surface area contributed by atoms with Crippen molar-refractivity contribution in [1.29, 1.82) is 5.26 Å². The largest absolute Gasteiger partial charge is 0.314 e. The molecule has 0 aromatic carbocycles. The number of rotatable bonds is 1. The minimum Gasteiger partial charge on any atom is -0.314 e. The van der Waals surface area contributed by atoms with Gasteiger partial charge in [0.15, 0.2) is 0 Å². The highest BCUT2D eigenvalue weighted by atomic mass is 127. The van der Waals surface area contributed by atoms with E-state index in [1.165, 1.54) is 0 Å². The Hall–Kier alpha value is 0.180. The smallest absolute Gasteiger partial charge is 0.0636 e. The van der Waals surface area contributed by atoms with Crippen molar-refractivity contribution in [3.8, 4) is 6.07 Å². The predicted octanol–water partition coefficient (Wildman–Crippen LogP) is 0.677. The molecular formula is C5H7IN2. The van der Waals surface area contributed by atoms with Crippen LogP contribution in [0.25, 0.3) is 0 Å². The first-order valence-electron chi connectivity index (χ1n) is 2.53. The third-order valence-corrected chi connectivity index (χ3v) is 2.42. The molecule has 8 heavy (non-hydrogen) atoms. The molecule has 1 saturated heterocycles. The van der Waals surface area contributed by atoms with Crippen LogP contribution in [0, 0.1) is 11.3 Å². The SMILES string of the molecule is N#CCC1(I)CNC1. The monoisotopic (exact) mass is 222 g/mol. The first kappa shape index (κ1) is 6.30. The molecular weight excluding hydrogens is 215 g/mol. The molecule has 0 aliphatic carbocycles. The van der Waals surface area contributed by atoms with Crippen LogP contribution in [-0.4, -0.2) is 16.5 Å². The fourth-order valence-electron chi connectivity index (χ4n) is 0.663. The molecule has 1 aliphatic heterocycles. The fourth-order valence-corrected chi connectivity index (χ4v) is 1.37. The van der Waals surface area contributed by atoms with E-state index in [4.69, 9.17) is 5.26 Å². The summed E-state index contributed by atoms with van der Waals surface area (Å²) in [5, 5.41) is 11.4. The van der Waals surface area contributed by atoms with Gasteiger partial charge in [-0.25, -0.2) is 0 Å². The van der Waals surface area contributed by atoms with E-state index in [1.54, 1.807) is 0 Å². The van der Waals surface area contributed by atoms with Crippen LogP contribution < -0.4 is 5.32 Å². The van der Waals surface area contributed by atoms with Gasteiger partial charge in [-0.1, -0.05) is 22.6 Å². The second kappa shape index (κ2) is 2.19. The molecule has 0 atom stereocenters. The van der Waals surface area contributed by atoms with Gasteiger partial charge in [-0.3, -0.25) is 0 Å². The second-order valence-corrected chi connectivity index (χ2v) is 4.38. The van der Waals surface area contributed by atoms with Gasteiger partial charge in [-0.2, -0.15) is 5.26 Å². The van der Waals surface area contributed by atoms with E-state index in [0.29, 0.717) is 6.42 Å². The molecule has 1 rings (SSSR count). The molecule has 0 spiro atoms. The zero-order valence-corrected chi connectivity index (χ0v) is 6.60. The zero-order chi connectivity index (χ0) is 6.04. The summed E-state index contributed by atoms with van der Waals surface area (Å²) in [7, 11) is 0. The lowest BCUT2D eigenvalue weighted by atomic mass is 10.0. The molecule has 0 aromatic rings. The van der Waals surface area contributed by atoms with Gasteiger partial charge >= 0.3 is 0 Å². The van der Waals surface area contributed by atoms with E-state index in [-0.39, 0.29) is 3.42 Å². The Balaban J connectivity index is 2.33. The number of hydrogen-bond donors (Lipinski definition) is 1. The average Bonchev–Trinajstić information content (AvgIpc) is 1.64. The Morgan fingerprint density at radius 3 is 2.50 bits per heavy atom. The number of hydrogen-bond acceptors (Lipinski definition) is 2. The lowest BCUT2D eigenvalue weighted by molar-refractivity contribution is 0.420. The maximum atomic E-state index is 8.28. The van der Waals surface area contributed by atoms with E-state index in [2.05, 4.69) is 34.0 Å². The fraction of sp³-hybridized carbons (Fsp3) is 0.800. The van der Waals surface area contributed by atoms with Crippen molar-refractivity contribution in [3.63, 3.8) is 0 Å². The van der Waals surface area contributed by atoms with Crippen molar-refractivity contribution in [2.24, 2.45) is 0 Å². The van der Waals surface area contributed by atoms with Gasteiger partial charge in [0.05, 0.1) is 15.9 Å². The molecule has 2 nitrogen and oxygen atoms in total. The average molecular weight is 222 g/mol. The summed E-state index contributed by atoms with van der Waals surface area (Å²) in [5.41, 5.74) is 0. The highest BCUT2D eigenvalue weighted by molar-refractivity contribution is 14.1. The van der Waals surface area contributed by atoms with Crippen LogP contribution in [0.2, 0.25) is 0 Å². The molecule has 0 bridgehead atoms. The van der Waals surface area contributed by atoms with Crippen LogP contribution in [0.15, 0.2) is 0 Å². The molecule has 1 fully saturated rings. The van der Waals surface area contributed by atoms with E-state index in [0.717, 1.165) is 13.1 Å². The molecule has 0 amide bonds. The van der Waals surface area contributed by atoms with Gasteiger partial charge in [-0.15, -0.1) is 0 Å². The van der Waals surface area contributed by atoms with Gasteiger partial charge < -0.3 is 5.32 Å². The summed E-state index contributed by atoms with van der Waals surface area (Å²) < 4.78 is 0.270. The van der Waals surface area contributed by atoms with Crippen LogP contribution in [0.1, 0.15) is 6.42 Å². The minimum atomic E-state index is 0.270. The molecule has 1 N–H and O–H groups in total. The number of nitriles is 1. The first-order valence-corrected chi connectivity index (χ1v) is 3.61. The number of nitrogens with one attached hydrogen (secondary N) is 1. The number of nitrogens with zero attached hydrogens (tertiary/aromatic N) is 1. The summed E-state index contributed by atoms with van der Waals surface area (Å²) in [6, 6.07) is 2.16. The van der Waals surface area contributed by atoms with E-state index < -0.39 is 0 Å². The zero-order valence-electron chi connectivity index (χ0n) is 4.45. The van der Waals surface area contributed by atoms with E-state index in [1.807, 2.05) is 0 Å². The predicted molar refractivity (Wildman–Crippen MR) is 39.9 cm³/mol. The van der Waals surface area contributed by atoms with Crippen molar-refractivity contribution in [2.75, 3.05) is 13.1 Å². The third-order valence-electron chi connectivity index (χ3n) is 1.28. The summed E-state index contributed by atoms with van der Waals surface area (Å²) in [4.78, 5) is 0.